The fourth-order valence-corrected chi connectivity index (χ4v) is 2.10. The van der Waals surface area contributed by atoms with E-state index in [9.17, 15) is 4.79 Å². The largest absolute Gasteiger partial charge is 0.497 e. The molecule has 0 aliphatic rings. The van der Waals surface area contributed by atoms with Crippen LogP contribution in [0.2, 0.25) is 0 Å². The molecule has 0 radical (unpaired) electrons. The Balaban J connectivity index is 2.06. The number of hydrogen-bond donors (Lipinski definition) is 2. The van der Waals surface area contributed by atoms with Crippen molar-refractivity contribution in [2.24, 2.45) is 0 Å². The van der Waals surface area contributed by atoms with Gasteiger partial charge in [-0.2, -0.15) is 10.3 Å². The van der Waals surface area contributed by atoms with Gasteiger partial charge in [0.1, 0.15) is 11.6 Å². The monoisotopic (exact) mass is 287 g/mol. The fourth-order valence-electron chi connectivity index (χ4n) is 2.10. The van der Waals surface area contributed by atoms with Crippen LogP contribution in [0.15, 0.2) is 23.0 Å². The van der Waals surface area contributed by atoms with Gasteiger partial charge in [-0.05, 0) is 30.7 Å². The maximum atomic E-state index is 12.0. The summed E-state index contributed by atoms with van der Waals surface area (Å²) in [6.45, 7) is 1.90. The quantitative estimate of drug-likeness (QED) is 0.697. The van der Waals surface area contributed by atoms with Gasteiger partial charge in [0.2, 0.25) is 0 Å². The minimum absolute atomic E-state index is 0.292. The molecule has 0 bridgehead atoms. The number of aromatic nitrogens is 7. The highest BCUT2D eigenvalue weighted by Gasteiger charge is 2.15. The van der Waals surface area contributed by atoms with Gasteiger partial charge < -0.3 is 4.74 Å². The first kappa shape index (κ1) is 13.0. The molecule has 3 rings (SSSR count). The zero-order valence-electron chi connectivity index (χ0n) is 11.5. The van der Waals surface area contributed by atoms with Gasteiger partial charge in [-0.15, -0.1) is 10.2 Å². The number of aromatic amines is 2. The number of hydrogen-bond acceptors (Lipinski definition) is 6. The SMILES string of the molecule is COc1ccc(-n2c(Cc3nn[nH]n3)n[nH]c2=O)c(C)c1. The number of ether oxygens (including phenoxy) is 1. The van der Waals surface area contributed by atoms with Crippen molar-refractivity contribution in [1.29, 1.82) is 0 Å². The molecule has 0 unspecified atom stereocenters. The first-order valence-corrected chi connectivity index (χ1v) is 6.22. The summed E-state index contributed by atoms with van der Waals surface area (Å²) in [7, 11) is 1.60. The molecule has 9 nitrogen and oxygen atoms in total. The standard InChI is InChI=1S/C12H13N7O2/c1-7-5-8(21-2)3-4-9(7)19-11(15-16-12(19)20)6-10-13-17-18-14-10/h3-5H,6H2,1-2H3,(H,16,20)(H,13,14,17,18). The van der Waals surface area contributed by atoms with E-state index in [1.54, 1.807) is 13.2 Å². The zero-order valence-corrected chi connectivity index (χ0v) is 11.5. The van der Waals surface area contributed by atoms with Crippen LogP contribution in [0, 0.1) is 6.92 Å². The van der Waals surface area contributed by atoms with Crippen molar-refractivity contribution in [3.8, 4) is 11.4 Å². The van der Waals surface area contributed by atoms with E-state index in [4.69, 9.17) is 4.74 Å². The van der Waals surface area contributed by atoms with Crippen molar-refractivity contribution in [1.82, 2.24) is 35.4 Å². The molecule has 0 saturated heterocycles. The van der Waals surface area contributed by atoms with E-state index in [1.165, 1.54) is 4.57 Å². The average molecular weight is 287 g/mol. The lowest BCUT2D eigenvalue weighted by molar-refractivity contribution is 0.414. The second-order valence-electron chi connectivity index (χ2n) is 4.44. The Labute approximate surface area is 119 Å². The smallest absolute Gasteiger partial charge is 0.347 e. The summed E-state index contributed by atoms with van der Waals surface area (Å²) >= 11 is 0. The van der Waals surface area contributed by atoms with Gasteiger partial charge in [0.05, 0.1) is 19.2 Å². The third-order valence-corrected chi connectivity index (χ3v) is 3.09. The van der Waals surface area contributed by atoms with Crippen LogP contribution in [0.3, 0.4) is 0 Å². The number of nitrogens with zero attached hydrogens (tertiary/aromatic N) is 5. The molecule has 21 heavy (non-hydrogen) atoms. The lowest BCUT2D eigenvalue weighted by Crippen LogP contribution is -2.18. The van der Waals surface area contributed by atoms with Gasteiger partial charge in [-0.25, -0.2) is 14.5 Å². The minimum atomic E-state index is -0.318. The molecule has 0 aliphatic carbocycles. The van der Waals surface area contributed by atoms with Gasteiger partial charge in [-0.3, -0.25) is 0 Å². The van der Waals surface area contributed by atoms with Gasteiger partial charge in [0.25, 0.3) is 0 Å². The maximum absolute atomic E-state index is 12.0. The van der Waals surface area contributed by atoms with Crippen molar-refractivity contribution in [2.45, 2.75) is 13.3 Å². The van der Waals surface area contributed by atoms with Crippen LogP contribution in [0.1, 0.15) is 17.2 Å². The normalized spacial score (nSPS) is 10.8. The Hall–Kier alpha value is -2.97. The number of aryl methyl sites for hydroxylation is 1. The lowest BCUT2D eigenvalue weighted by Gasteiger charge is -2.09. The highest BCUT2D eigenvalue weighted by Crippen LogP contribution is 2.20. The van der Waals surface area contributed by atoms with Crippen molar-refractivity contribution in [3.05, 3.63) is 45.9 Å². The minimum Gasteiger partial charge on any atom is -0.497 e. The third kappa shape index (κ3) is 2.40. The van der Waals surface area contributed by atoms with Crippen molar-refractivity contribution < 1.29 is 4.74 Å². The summed E-state index contributed by atoms with van der Waals surface area (Å²) in [6, 6.07) is 5.46. The molecule has 2 aromatic heterocycles. The number of methoxy groups -OCH3 is 1. The van der Waals surface area contributed by atoms with Crippen molar-refractivity contribution in [2.75, 3.05) is 7.11 Å². The number of tetrazole rings is 1. The van der Waals surface area contributed by atoms with E-state index in [0.717, 1.165) is 17.0 Å². The third-order valence-electron chi connectivity index (χ3n) is 3.09. The van der Waals surface area contributed by atoms with Crippen LogP contribution >= 0.6 is 0 Å². The second kappa shape index (κ2) is 5.19. The first-order valence-electron chi connectivity index (χ1n) is 6.22. The highest BCUT2D eigenvalue weighted by molar-refractivity contribution is 5.45. The molecule has 1 aromatic carbocycles. The molecule has 2 N–H and O–H groups in total. The number of H-pyrrole nitrogens is 2. The molecule has 9 heteroatoms. The Morgan fingerprint density at radius 1 is 1.33 bits per heavy atom. The summed E-state index contributed by atoms with van der Waals surface area (Å²) < 4.78 is 6.66. The van der Waals surface area contributed by atoms with Gasteiger partial charge in [0.15, 0.2) is 5.82 Å². The van der Waals surface area contributed by atoms with Crippen LogP contribution < -0.4 is 10.4 Å². The molecular weight excluding hydrogens is 274 g/mol. The average Bonchev–Trinajstić information content (AvgIpc) is 3.10. The predicted octanol–water partition coefficient (Wildman–Crippen LogP) is -0.0185. The van der Waals surface area contributed by atoms with Crippen LogP contribution in [-0.2, 0) is 6.42 Å². The second-order valence-corrected chi connectivity index (χ2v) is 4.44. The lowest BCUT2D eigenvalue weighted by atomic mass is 10.2. The number of benzene rings is 1. The summed E-state index contributed by atoms with van der Waals surface area (Å²) in [6.07, 6.45) is 0.292. The van der Waals surface area contributed by atoms with Gasteiger partial charge >= 0.3 is 5.69 Å². The maximum Gasteiger partial charge on any atom is 0.347 e. The van der Waals surface area contributed by atoms with Crippen molar-refractivity contribution >= 4 is 0 Å². The van der Waals surface area contributed by atoms with Gasteiger partial charge in [0, 0.05) is 0 Å². The Bertz CT molecular complexity index is 803. The van der Waals surface area contributed by atoms with E-state index in [0.29, 0.717) is 18.1 Å². The first-order chi connectivity index (χ1) is 10.2. The summed E-state index contributed by atoms with van der Waals surface area (Å²) in [5.41, 5.74) is 1.31. The van der Waals surface area contributed by atoms with Gasteiger partial charge in [-0.1, -0.05) is 5.21 Å². The van der Waals surface area contributed by atoms with E-state index in [2.05, 4.69) is 30.8 Å². The predicted molar refractivity (Wildman–Crippen MR) is 72.5 cm³/mol. The van der Waals surface area contributed by atoms with Crippen LogP contribution in [0.4, 0.5) is 0 Å². The number of rotatable bonds is 4. The zero-order chi connectivity index (χ0) is 14.8. The van der Waals surface area contributed by atoms with Crippen LogP contribution in [-0.4, -0.2) is 42.5 Å². The Morgan fingerprint density at radius 2 is 2.19 bits per heavy atom. The van der Waals surface area contributed by atoms with Crippen LogP contribution in [0.25, 0.3) is 5.69 Å². The van der Waals surface area contributed by atoms with E-state index >= 15 is 0 Å². The summed E-state index contributed by atoms with van der Waals surface area (Å²) in [5.74, 6) is 1.70. The molecular formula is C12H13N7O2. The molecule has 0 atom stereocenters. The molecule has 0 amide bonds. The van der Waals surface area contributed by atoms with E-state index < -0.39 is 0 Å². The fraction of sp³-hybridized carbons (Fsp3) is 0.250. The molecule has 3 aromatic rings. The van der Waals surface area contributed by atoms with Crippen LogP contribution in [0.5, 0.6) is 5.75 Å². The molecule has 108 valence electrons. The summed E-state index contributed by atoms with van der Waals surface area (Å²) in [5, 5.41) is 20.1. The van der Waals surface area contributed by atoms with Crippen molar-refractivity contribution in [3.63, 3.8) is 0 Å². The topological polar surface area (TPSA) is 114 Å². The molecule has 0 aliphatic heterocycles. The Kier molecular flexibility index (Phi) is 3.22. The van der Waals surface area contributed by atoms with E-state index in [-0.39, 0.29) is 5.69 Å². The molecule has 2 heterocycles. The Morgan fingerprint density at radius 3 is 2.86 bits per heavy atom. The number of nitrogens with one attached hydrogen (secondary N) is 2. The molecule has 0 spiro atoms. The van der Waals surface area contributed by atoms with E-state index in [1.807, 2.05) is 19.1 Å². The molecule has 0 fully saturated rings. The molecule has 0 saturated carbocycles. The highest BCUT2D eigenvalue weighted by atomic mass is 16.5. The summed E-state index contributed by atoms with van der Waals surface area (Å²) in [4.78, 5) is 12.0.